The third kappa shape index (κ3) is 95.0. The highest BCUT2D eigenvalue weighted by Crippen LogP contribution is 2.20. The van der Waals surface area contributed by atoms with Gasteiger partial charge < -0.3 is 43.7 Å². The van der Waals surface area contributed by atoms with Crippen LogP contribution in [0.25, 0.3) is 0 Å². The van der Waals surface area contributed by atoms with Crippen molar-refractivity contribution in [3.05, 3.63) is 48.6 Å². The summed E-state index contributed by atoms with van der Waals surface area (Å²) >= 11 is 3.04. The van der Waals surface area contributed by atoms with E-state index >= 15 is 0 Å². The highest BCUT2D eigenvalue weighted by molar-refractivity contribution is 8.00. The summed E-state index contributed by atoms with van der Waals surface area (Å²) in [6.45, 7) is 10.3. The number of halogens is 3. The molecule has 0 atom stereocenters. The summed E-state index contributed by atoms with van der Waals surface area (Å²) in [5.41, 5.74) is 0. The number of hydrogen-bond acceptors (Lipinski definition) is 15. The standard InChI is InChI=1S/C46H86N2O5S.C42H74F3NO5.C6H13NO2S/c1-5-7-9-11-13-15-17-19-21-23-25-27-29-31-33-35-45(50)52-40-37-48(44(49)43-54-42-39-47(3)4)38-41-53-46(51)36-34-32-30-28-26-24-22-20-18-16-14-12-10-8-6-2;1-3-5-7-9-11-13-15-17-19-21-23-25-27-29-31-33-39(47)50-37-35-46(41(49)42(43,44)45)36-38-51-40(48)34-32-30-28-26-24-22-20-18-16-14-12-10-8-6-4-2;1-7(2)3-4-10-5-6(8)9/h19-22H,5-18,23-43H2,1-4H3;17-20H,3-16,21-38H2,1-2H3;3-5H2,1-2H3,(H,8,9)/b21-19-,22-20-;19-17-,20-18-;. The van der Waals surface area contributed by atoms with Gasteiger partial charge in [0.25, 0.3) is 0 Å². The Morgan fingerprint density at radius 3 is 0.722 bits per heavy atom. The van der Waals surface area contributed by atoms with Crippen molar-refractivity contribution < 1.29 is 70.8 Å². The molecule has 0 spiro atoms. The molecule has 0 bridgehead atoms. The summed E-state index contributed by atoms with van der Waals surface area (Å²) in [5.74, 6) is -1.83. The maximum Gasteiger partial charge on any atom is 0.471 e. The Bertz CT molecular complexity index is 2210. The summed E-state index contributed by atoms with van der Waals surface area (Å²) in [6, 6.07) is 0. The van der Waals surface area contributed by atoms with Gasteiger partial charge in [-0.3, -0.25) is 33.6 Å². The number of carboxylic acid groups (broad SMARTS) is 1. The van der Waals surface area contributed by atoms with Crippen molar-refractivity contribution in [3.8, 4) is 0 Å². The van der Waals surface area contributed by atoms with Gasteiger partial charge in [0.2, 0.25) is 5.91 Å². The van der Waals surface area contributed by atoms with E-state index in [1.165, 1.54) is 204 Å². The number of amides is 2. The van der Waals surface area contributed by atoms with Gasteiger partial charge in [0.05, 0.1) is 37.7 Å². The van der Waals surface area contributed by atoms with Gasteiger partial charge in [-0.15, -0.1) is 11.8 Å². The number of alkyl halides is 3. The van der Waals surface area contributed by atoms with Gasteiger partial charge in [-0.2, -0.15) is 24.9 Å². The number of carboxylic acids is 1. The molecule has 0 aromatic heterocycles. The molecular formula is C94H173F3N4O12S2. The van der Waals surface area contributed by atoms with Crippen molar-refractivity contribution in [3.63, 3.8) is 0 Å². The number of ether oxygens (including phenoxy) is 4. The molecule has 0 aliphatic rings. The average molecular weight is 1670 g/mol. The molecular weight excluding hydrogens is 1500 g/mol. The van der Waals surface area contributed by atoms with E-state index in [1.54, 1.807) is 16.7 Å². The number of esters is 4. The van der Waals surface area contributed by atoms with Crippen LogP contribution in [0.1, 0.15) is 387 Å². The summed E-state index contributed by atoms with van der Waals surface area (Å²) in [6.07, 6.45) is 76.1. The first-order valence-electron chi connectivity index (χ1n) is 46.3. The Balaban J connectivity index is -0.00000194. The SMILES string of the molecule is CCCCCCCC/C=C\CCCCCCCC(=O)OCCN(CCOC(=O)CCCCCCC/C=C\CCCCCCCC)C(=O)C(F)(F)F.CCCCCCCC/C=C\CCCCCCCC(=O)OCCN(CCOC(=O)CCCCCCC/C=C\CCCCCCCC)C(=O)CSCCN(C)C.CN(C)CCSCC(=O)O. The average Bonchev–Trinajstić information content (AvgIpc) is 0.871. The molecule has 16 nitrogen and oxygen atoms in total. The van der Waals surface area contributed by atoms with Crippen LogP contribution in [0.4, 0.5) is 13.2 Å². The predicted molar refractivity (Wildman–Crippen MR) is 480 cm³/mol. The first-order valence-corrected chi connectivity index (χ1v) is 48.6. The van der Waals surface area contributed by atoms with E-state index in [0.29, 0.717) is 49.4 Å². The number of rotatable bonds is 82. The van der Waals surface area contributed by atoms with Gasteiger partial charge in [-0.25, -0.2) is 0 Å². The van der Waals surface area contributed by atoms with Gasteiger partial charge in [0.15, 0.2) is 0 Å². The van der Waals surface area contributed by atoms with E-state index in [2.05, 4.69) is 81.2 Å². The molecule has 0 saturated carbocycles. The van der Waals surface area contributed by atoms with Crippen LogP contribution < -0.4 is 0 Å². The normalized spacial score (nSPS) is 11.6. The molecule has 0 aromatic rings. The summed E-state index contributed by atoms with van der Waals surface area (Å²) < 4.78 is 60.6. The Kier molecular flexibility index (Phi) is 91.8. The van der Waals surface area contributed by atoms with Crippen LogP contribution in [0.3, 0.4) is 0 Å². The molecule has 0 aliphatic heterocycles. The van der Waals surface area contributed by atoms with Gasteiger partial charge in [0, 0.05) is 50.3 Å². The Morgan fingerprint density at radius 1 is 0.296 bits per heavy atom. The molecule has 0 radical (unpaired) electrons. The Labute approximate surface area is 710 Å². The number of hydrogen-bond donors (Lipinski definition) is 1. The van der Waals surface area contributed by atoms with Gasteiger partial charge in [0.1, 0.15) is 26.4 Å². The van der Waals surface area contributed by atoms with Crippen molar-refractivity contribution in [1.29, 1.82) is 0 Å². The maximum atomic E-state index is 13.1. The molecule has 2 amide bonds. The third-order valence-corrected chi connectivity index (χ3v) is 21.6. The van der Waals surface area contributed by atoms with Gasteiger partial charge in [-0.1, -0.05) is 282 Å². The lowest BCUT2D eigenvalue weighted by molar-refractivity contribution is -0.187. The lowest BCUT2D eigenvalue weighted by Crippen LogP contribution is -2.44. The number of unbranched alkanes of at least 4 members (excludes halogenated alkanes) is 44. The molecule has 0 aromatic carbocycles. The molecule has 0 unspecified atom stereocenters. The molecule has 115 heavy (non-hydrogen) atoms. The molecule has 1 N–H and O–H groups in total. The number of aliphatic carboxylic acids is 1. The lowest BCUT2D eigenvalue weighted by Gasteiger charge is -2.23. The molecule has 0 rings (SSSR count). The second-order valence-corrected chi connectivity index (χ2v) is 33.7. The van der Waals surface area contributed by atoms with E-state index in [1.807, 2.05) is 33.1 Å². The monoisotopic (exact) mass is 1670 g/mol. The number of carbonyl (C=O) groups excluding carboxylic acids is 6. The number of carbonyl (C=O) groups is 7. The fourth-order valence-corrected chi connectivity index (χ4v) is 14.3. The summed E-state index contributed by atoms with van der Waals surface area (Å²) in [4.78, 5) is 90.1. The highest BCUT2D eigenvalue weighted by atomic mass is 32.2. The van der Waals surface area contributed by atoms with Crippen molar-refractivity contribution in [2.24, 2.45) is 0 Å². The lowest BCUT2D eigenvalue weighted by atomic mass is 10.1. The van der Waals surface area contributed by atoms with E-state index in [4.69, 9.17) is 24.1 Å². The summed E-state index contributed by atoms with van der Waals surface area (Å²) in [5, 5.41) is 8.24. The van der Waals surface area contributed by atoms with Crippen molar-refractivity contribution in [2.75, 3.05) is 117 Å². The van der Waals surface area contributed by atoms with Crippen molar-refractivity contribution in [2.45, 2.75) is 393 Å². The number of allylic oxidation sites excluding steroid dienone is 8. The first-order chi connectivity index (χ1) is 55.7. The second-order valence-electron chi connectivity index (χ2n) is 31.5. The Hall–Kier alpha value is -4.34. The van der Waals surface area contributed by atoms with Crippen LogP contribution in [0.2, 0.25) is 0 Å². The van der Waals surface area contributed by atoms with E-state index < -0.39 is 43.1 Å². The minimum atomic E-state index is -5.07. The van der Waals surface area contributed by atoms with Crippen LogP contribution in [-0.4, -0.2) is 189 Å². The number of nitrogens with zero attached hydrogens (tertiary/aromatic N) is 4. The molecule has 0 fully saturated rings. The largest absolute Gasteiger partial charge is 0.481 e. The molecule has 674 valence electrons. The third-order valence-electron chi connectivity index (χ3n) is 19.8. The zero-order valence-corrected chi connectivity index (χ0v) is 76.4. The minimum absolute atomic E-state index is 0.0136. The minimum Gasteiger partial charge on any atom is -0.481 e. The maximum absolute atomic E-state index is 13.1. The van der Waals surface area contributed by atoms with E-state index in [-0.39, 0.29) is 62.9 Å². The van der Waals surface area contributed by atoms with Crippen LogP contribution in [0, 0.1) is 0 Å². The fraction of sp³-hybridized carbons (Fsp3) is 0.840. The smallest absolute Gasteiger partial charge is 0.471 e. The van der Waals surface area contributed by atoms with Gasteiger partial charge in [-0.05, 0) is 157 Å². The first kappa shape index (κ1) is 115. The van der Waals surface area contributed by atoms with Crippen LogP contribution in [-0.2, 0) is 52.5 Å². The second kappa shape index (κ2) is 92.0. The van der Waals surface area contributed by atoms with Gasteiger partial charge >= 0.3 is 41.9 Å². The van der Waals surface area contributed by atoms with E-state index in [9.17, 15) is 46.7 Å². The zero-order valence-electron chi connectivity index (χ0n) is 74.8. The number of thioether (sulfide) groups is 2. The van der Waals surface area contributed by atoms with Crippen LogP contribution in [0.5, 0.6) is 0 Å². The van der Waals surface area contributed by atoms with Crippen molar-refractivity contribution in [1.82, 2.24) is 19.6 Å². The quantitative estimate of drug-likeness (QED) is 0.0262. The predicted octanol–water partition coefficient (Wildman–Crippen LogP) is 25.2. The molecule has 0 saturated heterocycles. The summed E-state index contributed by atoms with van der Waals surface area (Å²) in [7, 11) is 7.99. The molecule has 21 heteroatoms. The molecule has 0 aliphatic carbocycles. The van der Waals surface area contributed by atoms with Crippen LogP contribution >= 0.6 is 23.5 Å². The van der Waals surface area contributed by atoms with Crippen LogP contribution in [0.15, 0.2) is 48.6 Å². The topological polar surface area (TPSA) is 190 Å². The van der Waals surface area contributed by atoms with Crippen molar-refractivity contribution >= 4 is 65.2 Å². The fourth-order valence-electron chi connectivity index (χ4n) is 12.5. The molecule has 0 heterocycles. The van der Waals surface area contributed by atoms with E-state index in [0.717, 1.165) is 153 Å². The Morgan fingerprint density at radius 2 is 0.504 bits per heavy atom. The highest BCUT2D eigenvalue weighted by Gasteiger charge is 2.42. The zero-order chi connectivity index (χ0) is 85.2.